The number of halogens is 3. The van der Waals surface area contributed by atoms with Gasteiger partial charge in [-0.3, -0.25) is 4.79 Å². The summed E-state index contributed by atoms with van der Waals surface area (Å²) in [6.45, 7) is 0.298. The van der Waals surface area contributed by atoms with Gasteiger partial charge in [-0.15, -0.1) is 0 Å². The van der Waals surface area contributed by atoms with Crippen LogP contribution in [0.4, 0.5) is 13.2 Å². The third-order valence-corrected chi connectivity index (χ3v) is 4.05. The van der Waals surface area contributed by atoms with Crippen molar-refractivity contribution in [1.82, 2.24) is 4.98 Å². The molecule has 0 aliphatic carbocycles. The van der Waals surface area contributed by atoms with Crippen molar-refractivity contribution in [2.24, 2.45) is 0 Å². The van der Waals surface area contributed by atoms with Gasteiger partial charge in [-0.05, 0) is 36.8 Å². The topological polar surface area (TPSA) is 48.4 Å². The van der Waals surface area contributed by atoms with Crippen molar-refractivity contribution < 1.29 is 27.4 Å². The second kappa shape index (κ2) is 8.77. The Bertz CT molecular complexity index is 971. The van der Waals surface area contributed by atoms with Crippen LogP contribution in [-0.4, -0.2) is 23.6 Å². The molecule has 2 aromatic carbocycles. The summed E-state index contributed by atoms with van der Waals surface area (Å²) in [5, 5.41) is 0. The lowest BCUT2D eigenvalue weighted by Crippen LogP contribution is -2.19. The molecule has 3 aromatic rings. The van der Waals surface area contributed by atoms with Crippen LogP contribution in [0, 0.1) is 0 Å². The van der Waals surface area contributed by atoms with Crippen LogP contribution < -0.4 is 9.47 Å². The molecule has 0 unspecified atom stereocenters. The van der Waals surface area contributed by atoms with E-state index in [1.807, 2.05) is 30.3 Å². The van der Waals surface area contributed by atoms with E-state index in [2.05, 4.69) is 4.98 Å². The lowest BCUT2D eigenvalue weighted by molar-refractivity contribution is -0.153. The molecule has 0 aliphatic heterocycles. The summed E-state index contributed by atoms with van der Waals surface area (Å²) in [6.07, 6.45) is -3.00. The predicted molar refractivity (Wildman–Crippen MR) is 102 cm³/mol. The number of rotatable bonds is 7. The van der Waals surface area contributed by atoms with Gasteiger partial charge in [-0.1, -0.05) is 30.3 Å². The Balaban J connectivity index is 1.81. The first-order valence-corrected chi connectivity index (χ1v) is 8.79. The molecule has 0 N–H and O–H groups in total. The van der Waals surface area contributed by atoms with Crippen LogP contribution in [0.3, 0.4) is 0 Å². The molecule has 0 aliphatic rings. The Labute approximate surface area is 165 Å². The summed E-state index contributed by atoms with van der Waals surface area (Å²) in [5.74, 6) is 0.189. The zero-order chi connectivity index (χ0) is 20.9. The van der Waals surface area contributed by atoms with E-state index < -0.39 is 12.8 Å². The largest absolute Gasteiger partial charge is 0.483 e. The Hall–Kier alpha value is -3.35. The monoisotopic (exact) mass is 401 g/mol. The quantitative estimate of drug-likeness (QED) is 0.493. The number of hydrogen-bond donors (Lipinski definition) is 0. The molecule has 29 heavy (non-hydrogen) atoms. The van der Waals surface area contributed by atoms with Crippen molar-refractivity contribution in [3.8, 4) is 22.8 Å². The molecule has 1 aromatic heterocycles. The smallest absolute Gasteiger partial charge is 0.422 e. The van der Waals surface area contributed by atoms with Crippen molar-refractivity contribution in [2.45, 2.75) is 19.7 Å². The highest BCUT2D eigenvalue weighted by Gasteiger charge is 2.29. The lowest BCUT2D eigenvalue weighted by atomic mass is 10.0. The van der Waals surface area contributed by atoms with Crippen LogP contribution in [-0.2, 0) is 6.61 Å². The molecule has 0 atom stereocenters. The van der Waals surface area contributed by atoms with Gasteiger partial charge in [0.05, 0.1) is 0 Å². The minimum Gasteiger partial charge on any atom is -0.483 e. The average Bonchev–Trinajstić information content (AvgIpc) is 2.71. The van der Waals surface area contributed by atoms with Gasteiger partial charge < -0.3 is 9.47 Å². The van der Waals surface area contributed by atoms with E-state index in [1.165, 1.54) is 31.3 Å². The Morgan fingerprint density at radius 3 is 2.38 bits per heavy atom. The molecule has 0 saturated carbocycles. The van der Waals surface area contributed by atoms with Gasteiger partial charge in [0.1, 0.15) is 12.4 Å². The van der Waals surface area contributed by atoms with Crippen molar-refractivity contribution in [3.63, 3.8) is 0 Å². The summed E-state index contributed by atoms with van der Waals surface area (Å²) < 4.78 is 48.2. The van der Waals surface area contributed by atoms with Crippen molar-refractivity contribution in [3.05, 3.63) is 78.0 Å². The number of hydrogen-bond acceptors (Lipinski definition) is 4. The molecule has 0 bridgehead atoms. The van der Waals surface area contributed by atoms with Crippen LogP contribution in [0.15, 0.2) is 66.9 Å². The van der Waals surface area contributed by atoms with E-state index in [-0.39, 0.29) is 11.5 Å². The fourth-order valence-electron chi connectivity index (χ4n) is 2.62. The van der Waals surface area contributed by atoms with Gasteiger partial charge in [0.15, 0.2) is 12.4 Å². The molecule has 7 heteroatoms. The maximum Gasteiger partial charge on any atom is 0.422 e. The number of benzene rings is 2. The fourth-order valence-corrected chi connectivity index (χ4v) is 2.62. The van der Waals surface area contributed by atoms with Crippen molar-refractivity contribution in [1.29, 1.82) is 0 Å². The molecule has 0 radical (unpaired) electrons. The number of carbonyl (C=O) groups excluding carboxylic acids is 1. The Morgan fingerprint density at radius 2 is 1.76 bits per heavy atom. The summed E-state index contributed by atoms with van der Waals surface area (Å²) >= 11 is 0. The molecule has 0 spiro atoms. The first-order valence-electron chi connectivity index (χ1n) is 8.79. The third-order valence-electron chi connectivity index (χ3n) is 4.05. The van der Waals surface area contributed by atoms with Gasteiger partial charge in [-0.2, -0.15) is 13.2 Å². The standard InChI is InChI=1S/C22H18F3NO3/c1-15(27)17-7-9-20(29-14-22(23,24)25)19(11-17)18-8-10-21(26-12-18)28-13-16-5-3-2-4-6-16/h2-12H,13-14H2,1H3. The van der Waals surface area contributed by atoms with Gasteiger partial charge >= 0.3 is 6.18 Å². The van der Waals surface area contributed by atoms with E-state index in [1.54, 1.807) is 12.1 Å². The predicted octanol–water partition coefficient (Wildman–Crippen LogP) is 5.47. The number of aromatic nitrogens is 1. The van der Waals surface area contributed by atoms with Crippen molar-refractivity contribution >= 4 is 5.78 Å². The molecular formula is C22H18F3NO3. The van der Waals surface area contributed by atoms with Crippen LogP contribution >= 0.6 is 0 Å². The normalized spacial score (nSPS) is 11.2. The maximum absolute atomic E-state index is 12.6. The SMILES string of the molecule is CC(=O)c1ccc(OCC(F)(F)F)c(-c2ccc(OCc3ccccc3)nc2)c1. The summed E-state index contributed by atoms with van der Waals surface area (Å²) in [7, 11) is 0. The number of ether oxygens (including phenoxy) is 2. The van der Waals surface area contributed by atoms with E-state index in [4.69, 9.17) is 9.47 Å². The highest BCUT2D eigenvalue weighted by atomic mass is 19.4. The fraction of sp³-hybridized carbons (Fsp3) is 0.182. The van der Waals surface area contributed by atoms with Crippen LogP contribution in [0.5, 0.6) is 11.6 Å². The van der Waals surface area contributed by atoms with Crippen LogP contribution in [0.25, 0.3) is 11.1 Å². The van der Waals surface area contributed by atoms with Gasteiger partial charge in [0, 0.05) is 29.0 Å². The van der Waals surface area contributed by atoms with Gasteiger partial charge in [-0.25, -0.2) is 4.98 Å². The summed E-state index contributed by atoms with van der Waals surface area (Å²) in [4.78, 5) is 15.9. The molecule has 0 saturated heterocycles. The van der Waals surface area contributed by atoms with E-state index in [9.17, 15) is 18.0 Å². The Morgan fingerprint density at radius 1 is 1.00 bits per heavy atom. The summed E-state index contributed by atoms with van der Waals surface area (Å²) in [6, 6.07) is 17.1. The van der Waals surface area contributed by atoms with Gasteiger partial charge in [0.25, 0.3) is 0 Å². The van der Waals surface area contributed by atoms with E-state index >= 15 is 0 Å². The average molecular weight is 401 g/mol. The molecule has 4 nitrogen and oxygen atoms in total. The Kier molecular flexibility index (Phi) is 6.16. The molecule has 0 amide bonds. The highest BCUT2D eigenvalue weighted by Crippen LogP contribution is 2.33. The maximum atomic E-state index is 12.6. The van der Waals surface area contributed by atoms with Gasteiger partial charge in [0.2, 0.25) is 5.88 Å². The number of alkyl halides is 3. The zero-order valence-corrected chi connectivity index (χ0v) is 15.6. The first kappa shape index (κ1) is 20.4. The molecular weight excluding hydrogens is 383 g/mol. The van der Waals surface area contributed by atoms with Crippen LogP contribution in [0.2, 0.25) is 0 Å². The van der Waals surface area contributed by atoms with E-state index in [0.717, 1.165) is 5.56 Å². The number of pyridine rings is 1. The highest BCUT2D eigenvalue weighted by molar-refractivity contribution is 5.96. The third kappa shape index (κ3) is 5.81. The second-order valence-corrected chi connectivity index (χ2v) is 6.33. The molecule has 150 valence electrons. The lowest BCUT2D eigenvalue weighted by Gasteiger charge is -2.14. The number of carbonyl (C=O) groups is 1. The minimum absolute atomic E-state index is 0.0204. The first-order chi connectivity index (χ1) is 13.8. The molecule has 3 rings (SSSR count). The number of nitrogens with zero attached hydrogens (tertiary/aromatic N) is 1. The molecule has 1 heterocycles. The van der Waals surface area contributed by atoms with E-state index in [0.29, 0.717) is 29.2 Å². The number of ketones is 1. The zero-order valence-electron chi connectivity index (χ0n) is 15.6. The number of Topliss-reactive ketones (excluding diaryl/α,β-unsaturated/α-hetero) is 1. The minimum atomic E-state index is -4.47. The van der Waals surface area contributed by atoms with Crippen molar-refractivity contribution in [2.75, 3.05) is 6.61 Å². The van der Waals surface area contributed by atoms with Crippen LogP contribution in [0.1, 0.15) is 22.8 Å². The summed E-state index contributed by atoms with van der Waals surface area (Å²) in [5.41, 5.74) is 2.21. The molecule has 0 fully saturated rings. The second-order valence-electron chi connectivity index (χ2n) is 6.33.